The second-order valence-electron chi connectivity index (χ2n) is 4.71. The fourth-order valence-electron chi connectivity index (χ4n) is 2.42. The Bertz CT molecular complexity index is 293. The summed E-state index contributed by atoms with van der Waals surface area (Å²) >= 11 is 0. The zero-order valence-corrected chi connectivity index (χ0v) is 12.0. The molecule has 1 saturated heterocycles. The Kier molecular flexibility index (Phi) is 7.48. The first-order chi connectivity index (χ1) is 9.19. The maximum Gasteiger partial charge on any atom is 0.323 e. The summed E-state index contributed by atoms with van der Waals surface area (Å²) in [5, 5.41) is 0. The fourth-order valence-corrected chi connectivity index (χ4v) is 2.42. The monoisotopic (exact) mass is 271 g/mol. The summed E-state index contributed by atoms with van der Waals surface area (Å²) in [6, 6.07) is -0.129. The number of rotatable bonds is 7. The Hall–Kier alpha value is -1.10. The van der Waals surface area contributed by atoms with Crippen molar-refractivity contribution in [3.63, 3.8) is 0 Å². The van der Waals surface area contributed by atoms with Gasteiger partial charge < -0.3 is 9.47 Å². The van der Waals surface area contributed by atoms with Crippen LogP contribution >= 0.6 is 0 Å². The minimum absolute atomic E-state index is 0.127. The zero-order chi connectivity index (χ0) is 14.1. The largest absolute Gasteiger partial charge is 0.466 e. The molecule has 5 nitrogen and oxygen atoms in total. The van der Waals surface area contributed by atoms with Crippen molar-refractivity contribution in [1.29, 1.82) is 0 Å². The minimum Gasteiger partial charge on any atom is -0.466 e. The highest BCUT2D eigenvalue weighted by Gasteiger charge is 2.29. The van der Waals surface area contributed by atoms with Gasteiger partial charge in [-0.3, -0.25) is 14.5 Å². The quantitative estimate of drug-likeness (QED) is 0.660. The van der Waals surface area contributed by atoms with Crippen molar-refractivity contribution in [1.82, 2.24) is 4.90 Å². The summed E-state index contributed by atoms with van der Waals surface area (Å²) in [5.74, 6) is -0.287. The lowest BCUT2D eigenvalue weighted by Gasteiger charge is -2.33. The average Bonchev–Trinajstić information content (AvgIpc) is 2.40. The van der Waals surface area contributed by atoms with E-state index in [4.69, 9.17) is 9.47 Å². The van der Waals surface area contributed by atoms with Crippen molar-refractivity contribution in [3.05, 3.63) is 0 Å². The van der Waals surface area contributed by atoms with E-state index in [1.807, 2.05) is 6.92 Å². The van der Waals surface area contributed by atoms with Gasteiger partial charge in [0, 0.05) is 6.42 Å². The van der Waals surface area contributed by atoms with Gasteiger partial charge >= 0.3 is 11.9 Å². The van der Waals surface area contributed by atoms with Crippen LogP contribution in [0.2, 0.25) is 0 Å². The third-order valence-corrected chi connectivity index (χ3v) is 3.30. The third kappa shape index (κ3) is 5.59. The summed E-state index contributed by atoms with van der Waals surface area (Å²) in [6.45, 7) is 6.14. The summed E-state index contributed by atoms with van der Waals surface area (Å²) in [4.78, 5) is 25.3. The van der Waals surface area contributed by atoms with Gasteiger partial charge in [-0.05, 0) is 46.2 Å². The predicted octanol–water partition coefficient (Wildman–Crippen LogP) is 1.75. The standard InChI is InChI=1S/C14H25NO4/c1-3-18-13(16)9-7-11-15-10-6-5-8-12(15)14(17)19-4-2/h12H,3-11H2,1-2H3/t12-/m0/s1. The van der Waals surface area contributed by atoms with E-state index < -0.39 is 0 Å². The maximum absolute atomic E-state index is 11.9. The molecular formula is C14H25NO4. The molecule has 110 valence electrons. The molecule has 0 radical (unpaired) electrons. The number of carbonyl (C=O) groups is 2. The maximum atomic E-state index is 11.9. The van der Waals surface area contributed by atoms with Gasteiger partial charge in [0.1, 0.15) is 6.04 Å². The molecule has 0 aromatic rings. The number of hydrogen-bond donors (Lipinski definition) is 0. The minimum atomic E-state index is -0.160. The van der Waals surface area contributed by atoms with Gasteiger partial charge in [0.05, 0.1) is 13.2 Å². The molecule has 0 amide bonds. The molecule has 1 heterocycles. The van der Waals surface area contributed by atoms with Gasteiger partial charge in [0.15, 0.2) is 0 Å². The zero-order valence-electron chi connectivity index (χ0n) is 12.0. The van der Waals surface area contributed by atoms with Crippen LogP contribution in [0.25, 0.3) is 0 Å². The number of likely N-dealkylation sites (tertiary alicyclic amines) is 1. The second kappa shape index (κ2) is 8.91. The lowest BCUT2D eigenvalue weighted by atomic mass is 10.0. The van der Waals surface area contributed by atoms with Crippen molar-refractivity contribution in [2.75, 3.05) is 26.3 Å². The Balaban J connectivity index is 2.35. The van der Waals surface area contributed by atoms with Gasteiger partial charge in [0.2, 0.25) is 0 Å². The molecule has 0 bridgehead atoms. The summed E-state index contributed by atoms with van der Waals surface area (Å²) in [6.07, 6.45) is 4.18. The number of hydrogen-bond acceptors (Lipinski definition) is 5. The predicted molar refractivity (Wildman–Crippen MR) is 71.7 cm³/mol. The Morgan fingerprint density at radius 2 is 1.89 bits per heavy atom. The van der Waals surface area contributed by atoms with Crippen LogP contribution in [0.15, 0.2) is 0 Å². The van der Waals surface area contributed by atoms with Crippen LogP contribution in [-0.2, 0) is 19.1 Å². The summed E-state index contributed by atoms with van der Waals surface area (Å²) in [5.41, 5.74) is 0. The van der Waals surface area contributed by atoms with E-state index in [0.717, 1.165) is 38.8 Å². The SMILES string of the molecule is CCOC(=O)CCCN1CCCC[C@H]1C(=O)OCC. The average molecular weight is 271 g/mol. The van der Waals surface area contributed by atoms with Crippen molar-refractivity contribution in [2.45, 2.75) is 52.0 Å². The first-order valence-electron chi connectivity index (χ1n) is 7.25. The van der Waals surface area contributed by atoms with E-state index in [1.165, 1.54) is 0 Å². The molecule has 0 spiro atoms. The highest BCUT2D eigenvalue weighted by molar-refractivity contribution is 5.75. The van der Waals surface area contributed by atoms with E-state index in [9.17, 15) is 9.59 Å². The topological polar surface area (TPSA) is 55.8 Å². The molecule has 1 aliphatic heterocycles. The highest BCUT2D eigenvalue weighted by Crippen LogP contribution is 2.18. The first kappa shape index (κ1) is 16.0. The molecule has 1 atom stereocenters. The van der Waals surface area contributed by atoms with Crippen LogP contribution in [-0.4, -0.2) is 49.2 Å². The second-order valence-corrected chi connectivity index (χ2v) is 4.71. The van der Waals surface area contributed by atoms with E-state index >= 15 is 0 Å². The summed E-state index contributed by atoms with van der Waals surface area (Å²) < 4.78 is 10.0. The molecule has 1 aliphatic rings. The van der Waals surface area contributed by atoms with Gasteiger partial charge in [-0.2, -0.15) is 0 Å². The fraction of sp³-hybridized carbons (Fsp3) is 0.857. The van der Waals surface area contributed by atoms with Gasteiger partial charge in [-0.25, -0.2) is 0 Å². The Morgan fingerprint density at radius 3 is 2.58 bits per heavy atom. The first-order valence-corrected chi connectivity index (χ1v) is 7.25. The van der Waals surface area contributed by atoms with Crippen LogP contribution in [0, 0.1) is 0 Å². The van der Waals surface area contributed by atoms with E-state index in [0.29, 0.717) is 19.6 Å². The van der Waals surface area contributed by atoms with Crippen molar-refractivity contribution >= 4 is 11.9 Å². The molecule has 0 aromatic heterocycles. The number of ether oxygens (including phenoxy) is 2. The highest BCUT2D eigenvalue weighted by atomic mass is 16.5. The number of esters is 2. The Labute approximate surface area is 115 Å². The molecule has 1 fully saturated rings. The van der Waals surface area contributed by atoms with Crippen LogP contribution in [0.5, 0.6) is 0 Å². The van der Waals surface area contributed by atoms with Crippen LogP contribution in [0.3, 0.4) is 0 Å². The van der Waals surface area contributed by atoms with Crippen LogP contribution in [0.4, 0.5) is 0 Å². The van der Waals surface area contributed by atoms with Gasteiger partial charge in [0.25, 0.3) is 0 Å². The normalized spacial score (nSPS) is 20.0. The smallest absolute Gasteiger partial charge is 0.323 e. The lowest BCUT2D eigenvalue weighted by molar-refractivity contribution is -0.150. The number of piperidine rings is 1. The Morgan fingerprint density at radius 1 is 1.16 bits per heavy atom. The molecule has 1 rings (SSSR count). The lowest BCUT2D eigenvalue weighted by Crippen LogP contribution is -2.45. The van der Waals surface area contributed by atoms with E-state index in [-0.39, 0.29) is 18.0 Å². The van der Waals surface area contributed by atoms with Gasteiger partial charge in [-0.1, -0.05) is 6.42 Å². The molecule has 0 saturated carbocycles. The molecule has 5 heteroatoms. The summed E-state index contributed by atoms with van der Waals surface area (Å²) in [7, 11) is 0. The van der Waals surface area contributed by atoms with Crippen molar-refractivity contribution in [2.24, 2.45) is 0 Å². The van der Waals surface area contributed by atoms with Crippen molar-refractivity contribution in [3.8, 4) is 0 Å². The van der Waals surface area contributed by atoms with Crippen molar-refractivity contribution < 1.29 is 19.1 Å². The van der Waals surface area contributed by atoms with E-state index in [2.05, 4.69) is 4.90 Å². The molecule has 0 aromatic carbocycles. The molecular weight excluding hydrogens is 246 g/mol. The molecule has 0 unspecified atom stereocenters. The van der Waals surface area contributed by atoms with Gasteiger partial charge in [-0.15, -0.1) is 0 Å². The molecule has 0 aliphatic carbocycles. The molecule has 19 heavy (non-hydrogen) atoms. The number of nitrogens with zero attached hydrogens (tertiary/aromatic N) is 1. The number of carbonyl (C=O) groups excluding carboxylic acids is 2. The van der Waals surface area contributed by atoms with Crippen LogP contribution < -0.4 is 0 Å². The van der Waals surface area contributed by atoms with E-state index in [1.54, 1.807) is 6.92 Å². The van der Waals surface area contributed by atoms with Crippen LogP contribution in [0.1, 0.15) is 46.0 Å². The third-order valence-electron chi connectivity index (χ3n) is 3.30. The molecule has 0 N–H and O–H groups in total.